The van der Waals surface area contributed by atoms with Crippen LogP contribution in [-0.4, -0.2) is 50.3 Å². The zero-order valence-electron chi connectivity index (χ0n) is 18.9. The summed E-state index contributed by atoms with van der Waals surface area (Å²) in [6.07, 6.45) is 6.03. The predicted molar refractivity (Wildman–Crippen MR) is 118 cm³/mol. The Balaban J connectivity index is 3.07. The number of ether oxygens (including phenoxy) is 4. The van der Waals surface area contributed by atoms with Gasteiger partial charge in [-0.05, 0) is 44.9 Å². The summed E-state index contributed by atoms with van der Waals surface area (Å²) >= 11 is 0. The number of carbonyl (C=O) groups is 4. The maximum Gasteiger partial charge on any atom is 0.324 e. The van der Waals surface area contributed by atoms with Gasteiger partial charge in [0.1, 0.15) is 0 Å². The lowest BCUT2D eigenvalue weighted by Gasteiger charge is -2.11. The van der Waals surface area contributed by atoms with Crippen LogP contribution in [0.5, 0.6) is 0 Å². The first kappa shape index (κ1) is 26.6. The van der Waals surface area contributed by atoms with Crippen LogP contribution in [0.4, 0.5) is 0 Å². The van der Waals surface area contributed by atoms with E-state index in [2.05, 4.69) is 0 Å². The van der Waals surface area contributed by atoms with E-state index in [-0.39, 0.29) is 26.4 Å². The fourth-order valence-electron chi connectivity index (χ4n) is 2.62. The summed E-state index contributed by atoms with van der Waals surface area (Å²) in [6, 6.07) is 7.06. The lowest BCUT2D eigenvalue weighted by Crippen LogP contribution is -2.26. The van der Waals surface area contributed by atoms with Gasteiger partial charge in [0.05, 0.1) is 26.4 Å². The van der Waals surface area contributed by atoms with E-state index in [1.54, 1.807) is 64.1 Å². The molecule has 32 heavy (non-hydrogen) atoms. The van der Waals surface area contributed by atoms with Crippen molar-refractivity contribution in [1.82, 2.24) is 0 Å². The molecule has 1 aromatic carbocycles. The first-order chi connectivity index (χ1) is 15.4. The van der Waals surface area contributed by atoms with Crippen molar-refractivity contribution in [2.24, 2.45) is 11.8 Å². The summed E-state index contributed by atoms with van der Waals surface area (Å²) < 4.78 is 19.8. The van der Waals surface area contributed by atoms with Gasteiger partial charge in [-0.2, -0.15) is 0 Å². The predicted octanol–water partition coefficient (Wildman–Crippen LogP) is 3.20. The highest BCUT2D eigenvalue weighted by atomic mass is 16.6. The van der Waals surface area contributed by atoms with Crippen molar-refractivity contribution in [1.29, 1.82) is 0 Å². The second-order valence-electron chi connectivity index (χ2n) is 6.35. The summed E-state index contributed by atoms with van der Waals surface area (Å²) in [5, 5.41) is 0. The normalized spacial score (nSPS) is 11.2. The van der Waals surface area contributed by atoms with Crippen molar-refractivity contribution < 1.29 is 38.1 Å². The molecule has 0 amide bonds. The zero-order valence-corrected chi connectivity index (χ0v) is 18.9. The number of esters is 4. The minimum Gasteiger partial charge on any atom is -0.465 e. The molecule has 0 heterocycles. The Hall–Kier alpha value is -3.42. The van der Waals surface area contributed by atoms with E-state index in [0.717, 1.165) is 0 Å². The van der Waals surface area contributed by atoms with Crippen LogP contribution in [0.25, 0.3) is 12.2 Å². The fraction of sp³-hybridized carbons (Fsp3) is 0.417. The quantitative estimate of drug-likeness (QED) is 0.274. The van der Waals surface area contributed by atoms with E-state index < -0.39 is 35.7 Å². The highest BCUT2D eigenvalue weighted by Gasteiger charge is 2.27. The number of hydrogen-bond donors (Lipinski definition) is 0. The van der Waals surface area contributed by atoms with Crippen molar-refractivity contribution in [2.45, 2.75) is 27.7 Å². The molecule has 8 heteroatoms. The molecule has 0 aliphatic heterocycles. The van der Waals surface area contributed by atoms with Gasteiger partial charge >= 0.3 is 23.9 Å². The Bertz CT molecular complexity index is 739. The summed E-state index contributed by atoms with van der Waals surface area (Å²) in [7, 11) is 0. The Morgan fingerprint density at radius 1 is 0.656 bits per heavy atom. The number of carbonyl (C=O) groups excluding carboxylic acids is 4. The van der Waals surface area contributed by atoms with Gasteiger partial charge < -0.3 is 18.9 Å². The SMILES string of the molecule is CCOC(=O)C(C=Cc1cccc(C=CC(C(=O)OCC)C(=O)OCC)c1)C(=O)OCC. The van der Waals surface area contributed by atoms with Crippen molar-refractivity contribution in [2.75, 3.05) is 26.4 Å². The van der Waals surface area contributed by atoms with E-state index in [1.807, 2.05) is 0 Å². The molecule has 0 fully saturated rings. The molecule has 0 spiro atoms. The Morgan fingerprint density at radius 3 is 1.25 bits per heavy atom. The van der Waals surface area contributed by atoms with Crippen molar-refractivity contribution >= 4 is 36.0 Å². The first-order valence-corrected chi connectivity index (χ1v) is 10.5. The summed E-state index contributed by atoms with van der Waals surface area (Å²) in [5.41, 5.74) is 1.38. The Labute approximate surface area is 188 Å². The van der Waals surface area contributed by atoms with E-state index >= 15 is 0 Å². The fourth-order valence-corrected chi connectivity index (χ4v) is 2.62. The van der Waals surface area contributed by atoms with E-state index in [1.165, 1.54) is 12.2 Å². The van der Waals surface area contributed by atoms with Gasteiger partial charge in [0.25, 0.3) is 0 Å². The van der Waals surface area contributed by atoms with Crippen LogP contribution in [-0.2, 0) is 38.1 Å². The first-order valence-electron chi connectivity index (χ1n) is 10.5. The standard InChI is InChI=1S/C24H30O8/c1-5-29-21(25)19(22(26)30-6-2)14-12-17-10-9-11-18(16-17)13-15-20(23(27)31-7-3)24(28)32-8-4/h9-16,19-20H,5-8H2,1-4H3. The van der Waals surface area contributed by atoms with Crippen LogP contribution in [0.1, 0.15) is 38.8 Å². The largest absolute Gasteiger partial charge is 0.465 e. The number of hydrogen-bond acceptors (Lipinski definition) is 8. The molecule has 1 rings (SSSR count). The molecule has 0 N–H and O–H groups in total. The van der Waals surface area contributed by atoms with Crippen LogP contribution in [0.2, 0.25) is 0 Å². The maximum atomic E-state index is 12.1. The van der Waals surface area contributed by atoms with Gasteiger partial charge in [0.2, 0.25) is 0 Å². The third kappa shape index (κ3) is 8.75. The molecule has 0 aromatic heterocycles. The van der Waals surface area contributed by atoms with Crippen LogP contribution >= 0.6 is 0 Å². The molecule has 0 atom stereocenters. The number of rotatable bonds is 12. The number of benzene rings is 1. The lowest BCUT2D eigenvalue weighted by molar-refractivity contribution is -0.160. The van der Waals surface area contributed by atoms with Crippen molar-refractivity contribution in [3.8, 4) is 0 Å². The molecule has 0 aliphatic rings. The van der Waals surface area contributed by atoms with Crippen LogP contribution in [0, 0.1) is 11.8 Å². The zero-order chi connectivity index (χ0) is 23.9. The molecule has 0 aliphatic carbocycles. The van der Waals surface area contributed by atoms with Crippen LogP contribution in [0.15, 0.2) is 36.4 Å². The molecule has 174 valence electrons. The lowest BCUT2D eigenvalue weighted by atomic mass is 10.0. The molecule has 8 nitrogen and oxygen atoms in total. The van der Waals surface area contributed by atoms with Gasteiger partial charge in [-0.15, -0.1) is 0 Å². The molecule has 0 bridgehead atoms. The molecular formula is C24H30O8. The van der Waals surface area contributed by atoms with E-state index in [4.69, 9.17) is 18.9 Å². The molecule has 0 radical (unpaired) electrons. The van der Waals surface area contributed by atoms with Gasteiger partial charge in [-0.3, -0.25) is 19.2 Å². The van der Waals surface area contributed by atoms with Crippen molar-refractivity contribution in [3.05, 3.63) is 47.5 Å². The molecule has 0 saturated carbocycles. The Kier molecular flexibility index (Phi) is 12.1. The third-order valence-electron chi connectivity index (χ3n) is 4.04. The van der Waals surface area contributed by atoms with Gasteiger partial charge in [0, 0.05) is 0 Å². The monoisotopic (exact) mass is 446 g/mol. The third-order valence-corrected chi connectivity index (χ3v) is 4.04. The average molecular weight is 446 g/mol. The molecular weight excluding hydrogens is 416 g/mol. The topological polar surface area (TPSA) is 105 Å². The van der Waals surface area contributed by atoms with Gasteiger partial charge in [-0.1, -0.05) is 42.5 Å². The maximum absolute atomic E-state index is 12.1. The van der Waals surface area contributed by atoms with Crippen molar-refractivity contribution in [3.63, 3.8) is 0 Å². The summed E-state index contributed by atoms with van der Waals surface area (Å²) in [4.78, 5) is 48.3. The van der Waals surface area contributed by atoms with Gasteiger partial charge in [0.15, 0.2) is 11.8 Å². The minimum atomic E-state index is -1.17. The van der Waals surface area contributed by atoms with E-state index in [0.29, 0.717) is 11.1 Å². The Morgan fingerprint density at radius 2 is 0.969 bits per heavy atom. The van der Waals surface area contributed by atoms with Crippen LogP contribution < -0.4 is 0 Å². The second kappa shape index (κ2) is 14.6. The van der Waals surface area contributed by atoms with Gasteiger partial charge in [-0.25, -0.2) is 0 Å². The minimum absolute atomic E-state index is 0.144. The molecule has 1 aromatic rings. The highest BCUT2D eigenvalue weighted by Crippen LogP contribution is 2.15. The average Bonchev–Trinajstić information content (AvgIpc) is 2.75. The van der Waals surface area contributed by atoms with Crippen LogP contribution in [0.3, 0.4) is 0 Å². The molecule has 0 unspecified atom stereocenters. The second-order valence-corrected chi connectivity index (χ2v) is 6.35. The smallest absolute Gasteiger partial charge is 0.324 e. The van der Waals surface area contributed by atoms with E-state index in [9.17, 15) is 19.2 Å². The highest BCUT2D eigenvalue weighted by molar-refractivity contribution is 5.98. The summed E-state index contributed by atoms with van der Waals surface area (Å²) in [5.74, 6) is -5.11. The summed E-state index contributed by atoms with van der Waals surface area (Å²) in [6.45, 7) is 7.18. The molecule has 0 saturated heterocycles.